The minimum atomic E-state index is 0.0416. The van der Waals surface area contributed by atoms with Gasteiger partial charge in [-0.25, -0.2) is 0 Å². The highest BCUT2D eigenvalue weighted by atomic mass is 16.2. The fourth-order valence-electron chi connectivity index (χ4n) is 3.44. The van der Waals surface area contributed by atoms with Gasteiger partial charge in [0, 0.05) is 19.1 Å². The minimum absolute atomic E-state index is 0.0416. The van der Waals surface area contributed by atoms with Gasteiger partial charge >= 0.3 is 0 Å². The van der Waals surface area contributed by atoms with Crippen molar-refractivity contribution >= 4 is 5.91 Å². The van der Waals surface area contributed by atoms with E-state index in [0.29, 0.717) is 11.9 Å². The Morgan fingerprint density at radius 3 is 2.40 bits per heavy atom. The second-order valence-electron chi connectivity index (χ2n) is 6.15. The van der Waals surface area contributed by atoms with E-state index in [2.05, 4.69) is 41.4 Å². The van der Waals surface area contributed by atoms with Gasteiger partial charge in [-0.05, 0) is 50.2 Å². The van der Waals surface area contributed by atoms with E-state index in [0.717, 1.165) is 32.4 Å². The molecule has 0 aromatic heterocycles. The highest BCUT2D eigenvalue weighted by Gasteiger charge is 2.28. The maximum Gasteiger partial charge on any atom is 0.239 e. The van der Waals surface area contributed by atoms with Gasteiger partial charge < -0.3 is 10.2 Å². The maximum absolute atomic E-state index is 12.7. The Balaban J connectivity index is 1.65. The molecule has 0 aliphatic carbocycles. The van der Waals surface area contributed by atoms with Crippen LogP contribution in [0.2, 0.25) is 0 Å². The maximum atomic E-state index is 12.7. The van der Waals surface area contributed by atoms with Crippen molar-refractivity contribution in [2.24, 2.45) is 0 Å². The van der Waals surface area contributed by atoms with E-state index in [1.807, 2.05) is 0 Å². The number of nitrogens with zero attached hydrogens (tertiary/aromatic N) is 1. The molecule has 1 amide bonds. The van der Waals surface area contributed by atoms with Crippen LogP contribution in [-0.4, -0.2) is 36.0 Å². The molecule has 1 N–H and O–H groups in total. The molecule has 1 aromatic rings. The zero-order valence-corrected chi connectivity index (χ0v) is 12.3. The topological polar surface area (TPSA) is 32.3 Å². The number of hydrogen-bond donors (Lipinski definition) is 1. The van der Waals surface area contributed by atoms with E-state index in [1.54, 1.807) is 0 Å². The van der Waals surface area contributed by atoms with Gasteiger partial charge in [-0.2, -0.15) is 0 Å². The van der Waals surface area contributed by atoms with Crippen LogP contribution in [0.25, 0.3) is 0 Å². The van der Waals surface area contributed by atoms with Gasteiger partial charge in [-0.1, -0.05) is 24.3 Å². The number of piperidine rings is 1. The SMILES string of the molecule is CC1CCCC(C(=O)N2CCc3ccccc3CC2)N1. The van der Waals surface area contributed by atoms with Crippen molar-refractivity contribution in [3.63, 3.8) is 0 Å². The van der Waals surface area contributed by atoms with Crippen LogP contribution in [0.3, 0.4) is 0 Å². The average molecular weight is 272 g/mol. The Bertz CT molecular complexity index is 459. The summed E-state index contributed by atoms with van der Waals surface area (Å²) in [5, 5.41) is 3.46. The lowest BCUT2D eigenvalue weighted by atomic mass is 9.98. The fraction of sp³-hybridized carbons (Fsp3) is 0.588. The van der Waals surface area contributed by atoms with Crippen LogP contribution in [0.15, 0.2) is 24.3 Å². The number of rotatable bonds is 1. The molecule has 3 heteroatoms. The lowest BCUT2D eigenvalue weighted by molar-refractivity contribution is -0.134. The van der Waals surface area contributed by atoms with Crippen molar-refractivity contribution in [2.45, 2.75) is 51.1 Å². The largest absolute Gasteiger partial charge is 0.341 e. The normalized spacial score (nSPS) is 26.8. The Morgan fingerprint density at radius 2 is 1.80 bits per heavy atom. The molecule has 2 aliphatic heterocycles. The molecule has 0 bridgehead atoms. The van der Waals surface area contributed by atoms with E-state index in [1.165, 1.54) is 24.0 Å². The summed E-state index contributed by atoms with van der Waals surface area (Å²) in [5.41, 5.74) is 2.82. The van der Waals surface area contributed by atoms with Gasteiger partial charge in [0.25, 0.3) is 0 Å². The van der Waals surface area contributed by atoms with Crippen molar-refractivity contribution in [3.05, 3.63) is 35.4 Å². The smallest absolute Gasteiger partial charge is 0.239 e. The van der Waals surface area contributed by atoms with Gasteiger partial charge in [0.2, 0.25) is 5.91 Å². The molecule has 0 spiro atoms. The molecule has 108 valence electrons. The molecule has 2 unspecified atom stereocenters. The zero-order valence-electron chi connectivity index (χ0n) is 12.3. The predicted octanol–water partition coefficient (Wildman–Crippen LogP) is 2.14. The first-order chi connectivity index (χ1) is 9.74. The van der Waals surface area contributed by atoms with E-state index in [4.69, 9.17) is 0 Å². The number of hydrogen-bond acceptors (Lipinski definition) is 2. The van der Waals surface area contributed by atoms with E-state index >= 15 is 0 Å². The van der Waals surface area contributed by atoms with Crippen LogP contribution in [-0.2, 0) is 17.6 Å². The average Bonchev–Trinajstić information content (AvgIpc) is 2.69. The van der Waals surface area contributed by atoms with Crippen molar-refractivity contribution in [1.82, 2.24) is 10.2 Å². The van der Waals surface area contributed by atoms with E-state index < -0.39 is 0 Å². The molecule has 0 saturated carbocycles. The van der Waals surface area contributed by atoms with Crippen LogP contribution < -0.4 is 5.32 Å². The zero-order chi connectivity index (χ0) is 13.9. The van der Waals surface area contributed by atoms with Crippen LogP contribution in [0.4, 0.5) is 0 Å². The quantitative estimate of drug-likeness (QED) is 0.849. The highest BCUT2D eigenvalue weighted by molar-refractivity contribution is 5.82. The first kappa shape index (κ1) is 13.6. The molecule has 1 fully saturated rings. The summed E-state index contributed by atoms with van der Waals surface area (Å²) >= 11 is 0. The standard InChI is InChI=1S/C17H24N2O/c1-13-5-4-8-16(18-13)17(20)19-11-9-14-6-2-3-7-15(14)10-12-19/h2-3,6-7,13,16,18H,4-5,8-12H2,1H3. The van der Waals surface area contributed by atoms with Gasteiger partial charge in [0.15, 0.2) is 0 Å². The molecule has 0 radical (unpaired) electrons. The number of carbonyl (C=O) groups is 1. The van der Waals surface area contributed by atoms with Crippen LogP contribution >= 0.6 is 0 Å². The summed E-state index contributed by atoms with van der Waals surface area (Å²) in [6.07, 6.45) is 5.33. The van der Waals surface area contributed by atoms with Crippen molar-refractivity contribution < 1.29 is 4.79 Å². The predicted molar refractivity (Wildman–Crippen MR) is 80.7 cm³/mol. The summed E-state index contributed by atoms with van der Waals surface area (Å²) < 4.78 is 0. The minimum Gasteiger partial charge on any atom is -0.341 e. The Labute approximate surface area is 121 Å². The molecule has 20 heavy (non-hydrogen) atoms. The van der Waals surface area contributed by atoms with E-state index in [-0.39, 0.29) is 6.04 Å². The second kappa shape index (κ2) is 5.96. The summed E-state index contributed by atoms with van der Waals surface area (Å²) in [4.78, 5) is 14.7. The van der Waals surface area contributed by atoms with Crippen LogP contribution in [0.1, 0.15) is 37.3 Å². The molecule has 3 nitrogen and oxygen atoms in total. The third-order valence-corrected chi connectivity index (χ3v) is 4.65. The Kier molecular flexibility index (Phi) is 4.06. The number of carbonyl (C=O) groups excluding carboxylic acids is 1. The van der Waals surface area contributed by atoms with Crippen molar-refractivity contribution in [3.8, 4) is 0 Å². The second-order valence-corrected chi connectivity index (χ2v) is 6.15. The Hall–Kier alpha value is -1.35. The molecule has 2 heterocycles. The van der Waals surface area contributed by atoms with Gasteiger partial charge in [-0.3, -0.25) is 4.79 Å². The number of nitrogens with one attached hydrogen (secondary N) is 1. The molecular formula is C17H24N2O. The molecule has 1 saturated heterocycles. The lowest BCUT2D eigenvalue weighted by Gasteiger charge is -2.32. The third kappa shape index (κ3) is 2.88. The first-order valence-electron chi connectivity index (χ1n) is 7.85. The van der Waals surface area contributed by atoms with Crippen molar-refractivity contribution in [1.29, 1.82) is 0 Å². The molecule has 1 aromatic carbocycles. The Morgan fingerprint density at radius 1 is 1.15 bits per heavy atom. The first-order valence-corrected chi connectivity index (χ1v) is 7.85. The van der Waals surface area contributed by atoms with Gasteiger partial charge in [0.05, 0.1) is 6.04 Å². The summed E-state index contributed by atoms with van der Waals surface area (Å²) in [5.74, 6) is 0.310. The molecule has 2 aliphatic rings. The third-order valence-electron chi connectivity index (χ3n) is 4.65. The number of fused-ring (bicyclic) bond motifs is 1. The fourth-order valence-corrected chi connectivity index (χ4v) is 3.44. The molecule has 2 atom stereocenters. The summed E-state index contributed by atoms with van der Waals surface area (Å²) in [6.45, 7) is 3.91. The molecular weight excluding hydrogens is 248 g/mol. The lowest BCUT2D eigenvalue weighted by Crippen LogP contribution is -2.51. The number of amides is 1. The molecule has 3 rings (SSSR count). The van der Waals surface area contributed by atoms with E-state index in [9.17, 15) is 4.79 Å². The van der Waals surface area contributed by atoms with Crippen LogP contribution in [0, 0.1) is 0 Å². The summed E-state index contributed by atoms with van der Waals surface area (Å²) in [6, 6.07) is 9.11. The monoisotopic (exact) mass is 272 g/mol. The van der Waals surface area contributed by atoms with Crippen molar-refractivity contribution in [2.75, 3.05) is 13.1 Å². The van der Waals surface area contributed by atoms with Gasteiger partial charge in [-0.15, -0.1) is 0 Å². The highest BCUT2D eigenvalue weighted by Crippen LogP contribution is 2.19. The number of benzene rings is 1. The summed E-state index contributed by atoms with van der Waals surface area (Å²) in [7, 11) is 0. The van der Waals surface area contributed by atoms with Crippen LogP contribution in [0.5, 0.6) is 0 Å². The van der Waals surface area contributed by atoms with Gasteiger partial charge in [0.1, 0.15) is 0 Å².